The lowest BCUT2D eigenvalue weighted by atomic mass is 10.1. The lowest BCUT2D eigenvalue weighted by Crippen LogP contribution is -2.36. The summed E-state index contributed by atoms with van der Waals surface area (Å²) in [4.78, 5) is 0. The number of nitrogens with one attached hydrogen (secondary N) is 1. The van der Waals surface area contributed by atoms with E-state index < -0.39 is 0 Å². The molecule has 0 amide bonds. The summed E-state index contributed by atoms with van der Waals surface area (Å²) in [6.45, 7) is 5.08. The van der Waals surface area contributed by atoms with E-state index in [-0.39, 0.29) is 12.1 Å². The van der Waals surface area contributed by atoms with Crippen molar-refractivity contribution < 1.29 is 4.74 Å². The molecule has 2 nitrogen and oxygen atoms in total. The molecule has 2 heteroatoms. The van der Waals surface area contributed by atoms with Gasteiger partial charge in [-0.3, -0.25) is 5.32 Å². The fourth-order valence-corrected chi connectivity index (χ4v) is 2.37. The second-order valence-corrected chi connectivity index (χ2v) is 4.97. The van der Waals surface area contributed by atoms with E-state index in [1.807, 2.05) is 0 Å². The van der Waals surface area contributed by atoms with Crippen LogP contribution in [0.15, 0.2) is 18.2 Å². The number of aryl methyl sites for hydroxylation is 1. The van der Waals surface area contributed by atoms with Crippen LogP contribution in [-0.2, 0) is 6.42 Å². The number of hydrogen-bond acceptors (Lipinski definition) is 2. The van der Waals surface area contributed by atoms with Crippen molar-refractivity contribution in [2.75, 3.05) is 6.54 Å². The van der Waals surface area contributed by atoms with Crippen LogP contribution in [0, 0.1) is 19.3 Å². The highest BCUT2D eigenvalue weighted by molar-refractivity contribution is 5.40. The van der Waals surface area contributed by atoms with E-state index in [0.29, 0.717) is 0 Å². The van der Waals surface area contributed by atoms with Gasteiger partial charge in [-0.2, -0.15) is 0 Å². The summed E-state index contributed by atoms with van der Waals surface area (Å²) in [7, 11) is 0. The van der Waals surface area contributed by atoms with E-state index in [2.05, 4.69) is 43.3 Å². The SMILES string of the molecule is C#CC(CCC)NCC1Cc2cc(C)ccc2O1. The number of hydrogen-bond donors (Lipinski definition) is 1. The van der Waals surface area contributed by atoms with E-state index in [0.717, 1.165) is 31.6 Å². The molecule has 0 fully saturated rings. The molecular formula is C16H21NO. The van der Waals surface area contributed by atoms with Crippen LogP contribution in [-0.4, -0.2) is 18.7 Å². The fourth-order valence-electron chi connectivity index (χ4n) is 2.37. The summed E-state index contributed by atoms with van der Waals surface area (Å²) >= 11 is 0. The first-order valence-electron chi connectivity index (χ1n) is 6.68. The molecular weight excluding hydrogens is 222 g/mol. The van der Waals surface area contributed by atoms with E-state index in [1.54, 1.807) is 0 Å². The van der Waals surface area contributed by atoms with Crippen LogP contribution < -0.4 is 10.1 Å². The second-order valence-electron chi connectivity index (χ2n) is 4.97. The molecule has 1 heterocycles. The molecule has 0 radical (unpaired) electrons. The van der Waals surface area contributed by atoms with Crippen molar-refractivity contribution >= 4 is 0 Å². The third kappa shape index (κ3) is 3.05. The zero-order valence-electron chi connectivity index (χ0n) is 11.2. The van der Waals surface area contributed by atoms with E-state index in [1.165, 1.54) is 11.1 Å². The summed E-state index contributed by atoms with van der Waals surface area (Å²) in [6, 6.07) is 6.54. The van der Waals surface area contributed by atoms with Gasteiger partial charge in [0, 0.05) is 13.0 Å². The normalized spacial score (nSPS) is 18.8. The number of terminal acetylenes is 1. The zero-order valence-corrected chi connectivity index (χ0v) is 11.2. The fraction of sp³-hybridized carbons (Fsp3) is 0.500. The first kappa shape index (κ1) is 13.0. The number of ether oxygens (including phenoxy) is 1. The first-order chi connectivity index (χ1) is 8.72. The minimum absolute atomic E-state index is 0.170. The molecule has 0 saturated carbocycles. The molecule has 0 bridgehead atoms. The Kier molecular flexibility index (Phi) is 4.28. The molecule has 1 aliphatic heterocycles. The summed E-state index contributed by atoms with van der Waals surface area (Å²) in [5, 5.41) is 3.40. The van der Waals surface area contributed by atoms with E-state index in [4.69, 9.17) is 11.2 Å². The van der Waals surface area contributed by atoms with Crippen LogP contribution in [0.5, 0.6) is 5.75 Å². The Morgan fingerprint density at radius 3 is 3.11 bits per heavy atom. The minimum atomic E-state index is 0.170. The highest BCUT2D eigenvalue weighted by Gasteiger charge is 2.22. The Morgan fingerprint density at radius 1 is 1.56 bits per heavy atom. The van der Waals surface area contributed by atoms with Gasteiger partial charge in [-0.15, -0.1) is 6.42 Å². The van der Waals surface area contributed by atoms with Crippen LogP contribution in [0.1, 0.15) is 30.9 Å². The third-order valence-electron chi connectivity index (χ3n) is 3.33. The van der Waals surface area contributed by atoms with E-state index >= 15 is 0 Å². The summed E-state index contributed by atoms with van der Waals surface area (Å²) < 4.78 is 5.90. The van der Waals surface area contributed by atoms with Gasteiger partial charge in [-0.25, -0.2) is 0 Å². The maximum absolute atomic E-state index is 5.90. The second kappa shape index (κ2) is 5.93. The van der Waals surface area contributed by atoms with Crippen molar-refractivity contribution in [1.82, 2.24) is 5.32 Å². The lowest BCUT2D eigenvalue weighted by molar-refractivity contribution is 0.224. The Labute approximate surface area is 110 Å². The van der Waals surface area contributed by atoms with Gasteiger partial charge in [0.15, 0.2) is 0 Å². The van der Waals surface area contributed by atoms with Gasteiger partial charge in [0.05, 0.1) is 6.04 Å². The Bertz CT molecular complexity index is 447. The monoisotopic (exact) mass is 243 g/mol. The predicted molar refractivity (Wildman–Crippen MR) is 74.8 cm³/mol. The number of fused-ring (bicyclic) bond motifs is 1. The predicted octanol–water partition coefficient (Wildman–Crippen LogP) is 2.69. The molecule has 1 aliphatic rings. The summed E-state index contributed by atoms with van der Waals surface area (Å²) in [6.07, 6.45) is 8.82. The Balaban J connectivity index is 1.86. The molecule has 1 N–H and O–H groups in total. The summed E-state index contributed by atoms with van der Waals surface area (Å²) in [5.41, 5.74) is 2.60. The minimum Gasteiger partial charge on any atom is -0.488 e. The van der Waals surface area contributed by atoms with Crippen molar-refractivity contribution in [3.63, 3.8) is 0 Å². The van der Waals surface area contributed by atoms with Crippen molar-refractivity contribution in [2.45, 2.75) is 45.3 Å². The first-order valence-corrected chi connectivity index (χ1v) is 6.68. The zero-order chi connectivity index (χ0) is 13.0. The van der Waals surface area contributed by atoms with Crippen molar-refractivity contribution in [3.05, 3.63) is 29.3 Å². The van der Waals surface area contributed by atoms with Gasteiger partial charge < -0.3 is 4.74 Å². The van der Waals surface area contributed by atoms with Gasteiger partial charge in [0.1, 0.15) is 11.9 Å². The summed E-state index contributed by atoms with van der Waals surface area (Å²) in [5.74, 6) is 3.82. The van der Waals surface area contributed by atoms with Gasteiger partial charge in [-0.1, -0.05) is 37.0 Å². The Hall–Kier alpha value is -1.46. The molecule has 0 aliphatic carbocycles. The maximum atomic E-state index is 5.90. The van der Waals surface area contributed by atoms with Gasteiger partial charge >= 0.3 is 0 Å². The third-order valence-corrected chi connectivity index (χ3v) is 3.33. The van der Waals surface area contributed by atoms with Crippen LogP contribution >= 0.6 is 0 Å². The number of benzene rings is 1. The number of rotatable bonds is 5. The van der Waals surface area contributed by atoms with Crippen LogP contribution in [0.25, 0.3) is 0 Å². The molecule has 96 valence electrons. The van der Waals surface area contributed by atoms with Crippen molar-refractivity contribution in [2.24, 2.45) is 0 Å². The molecule has 0 aromatic heterocycles. The molecule has 2 rings (SSSR count). The molecule has 0 spiro atoms. The molecule has 1 aromatic rings. The average molecular weight is 243 g/mol. The molecule has 0 saturated heterocycles. The molecule has 18 heavy (non-hydrogen) atoms. The highest BCUT2D eigenvalue weighted by Crippen LogP contribution is 2.29. The van der Waals surface area contributed by atoms with Gasteiger partial charge in [-0.05, 0) is 25.0 Å². The van der Waals surface area contributed by atoms with Crippen molar-refractivity contribution in [1.29, 1.82) is 0 Å². The van der Waals surface area contributed by atoms with Crippen LogP contribution in [0.2, 0.25) is 0 Å². The van der Waals surface area contributed by atoms with Crippen LogP contribution in [0.4, 0.5) is 0 Å². The standard InChI is InChI=1S/C16H21NO/c1-4-6-14(5-2)17-11-15-10-13-9-12(3)7-8-16(13)18-15/h2,7-9,14-15,17H,4,6,10-11H2,1,3H3. The molecule has 2 unspecified atom stereocenters. The topological polar surface area (TPSA) is 21.3 Å². The van der Waals surface area contributed by atoms with E-state index in [9.17, 15) is 0 Å². The van der Waals surface area contributed by atoms with Crippen molar-refractivity contribution in [3.8, 4) is 18.1 Å². The lowest BCUT2D eigenvalue weighted by Gasteiger charge is -2.16. The quantitative estimate of drug-likeness (QED) is 0.803. The largest absolute Gasteiger partial charge is 0.488 e. The smallest absolute Gasteiger partial charge is 0.123 e. The molecule has 1 aromatic carbocycles. The highest BCUT2D eigenvalue weighted by atomic mass is 16.5. The maximum Gasteiger partial charge on any atom is 0.123 e. The average Bonchev–Trinajstić information content (AvgIpc) is 2.76. The molecule has 2 atom stereocenters. The van der Waals surface area contributed by atoms with Gasteiger partial charge in [0.2, 0.25) is 0 Å². The Morgan fingerprint density at radius 2 is 2.39 bits per heavy atom. The van der Waals surface area contributed by atoms with Gasteiger partial charge in [0.25, 0.3) is 0 Å². The van der Waals surface area contributed by atoms with Crippen LogP contribution in [0.3, 0.4) is 0 Å².